The highest BCUT2D eigenvalue weighted by molar-refractivity contribution is 5.88. The highest BCUT2D eigenvalue weighted by atomic mass is 19.1. The number of ether oxygens (including phenoxy) is 1. The maximum Gasteiger partial charge on any atom is 0.220 e. The van der Waals surface area contributed by atoms with E-state index in [9.17, 15) is 9.50 Å². The van der Waals surface area contributed by atoms with Gasteiger partial charge in [0.1, 0.15) is 5.69 Å². The van der Waals surface area contributed by atoms with Crippen molar-refractivity contribution < 1.29 is 14.2 Å². The number of halogens is 1. The zero-order valence-electron chi connectivity index (χ0n) is 19.3. The third kappa shape index (κ3) is 5.63. The van der Waals surface area contributed by atoms with Gasteiger partial charge in [-0.1, -0.05) is 19.9 Å². The molecule has 2 saturated heterocycles. The lowest BCUT2D eigenvalue weighted by Crippen LogP contribution is -2.49. The number of fused-ring (bicyclic) bond motifs is 1. The molecule has 0 atom stereocenters. The van der Waals surface area contributed by atoms with E-state index in [1.807, 2.05) is 18.3 Å². The summed E-state index contributed by atoms with van der Waals surface area (Å²) in [6.45, 7) is 8.38. The van der Waals surface area contributed by atoms with Crippen molar-refractivity contribution in [3.05, 3.63) is 47.5 Å². The molecule has 5 rings (SSSR count). The molecule has 0 radical (unpaired) electrons. The Labute approximate surface area is 193 Å². The predicted octanol–water partition coefficient (Wildman–Crippen LogP) is 3.90. The minimum atomic E-state index is -0.506. The Balaban J connectivity index is 0.000000376. The van der Waals surface area contributed by atoms with Gasteiger partial charge in [0.2, 0.25) is 5.95 Å². The molecule has 0 saturated carbocycles. The van der Waals surface area contributed by atoms with Gasteiger partial charge in [-0.25, -0.2) is 14.4 Å². The van der Waals surface area contributed by atoms with Gasteiger partial charge >= 0.3 is 0 Å². The first-order valence-electron chi connectivity index (χ1n) is 11.6. The van der Waals surface area contributed by atoms with E-state index in [0.29, 0.717) is 18.7 Å². The Morgan fingerprint density at radius 1 is 1.15 bits per heavy atom. The van der Waals surface area contributed by atoms with Crippen LogP contribution in [0.1, 0.15) is 50.2 Å². The lowest BCUT2D eigenvalue weighted by Gasteiger charge is -2.36. The minimum absolute atomic E-state index is 0.0406. The molecule has 8 heteroatoms. The summed E-state index contributed by atoms with van der Waals surface area (Å²) < 4.78 is 19.3. The third-order valence-corrected chi connectivity index (χ3v) is 6.01. The number of nitrogen functional groups attached to an aromatic ring is 1. The zero-order valence-corrected chi connectivity index (χ0v) is 19.3. The summed E-state index contributed by atoms with van der Waals surface area (Å²) in [5.41, 5.74) is 9.65. The summed E-state index contributed by atoms with van der Waals surface area (Å²) in [6.07, 6.45) is 6.69. The molecule has 33 heavy (non-hydrogen) atoms. The fourth-order valence-electron chi connectivity index (χ4n) is 4.39. The zero-order chi connectivity index (χ0) is 23.4. The van der Waals surface area contributed by atoms with Gasteiger partial charge in [0.25, 0.3) is 0 Å². The largest absolute Gasteiger partial charge is 0.390 e. The summed E-state index contributed by atoms with van der Waals surface area (Å²) in [5.74, 6) is -0.195. The Hall–Kier alpha value is -2.68. The number of β-amino-alcohol motifs (C(OH)–C–C–N with tert-alkyl or cyclic N) is 1. The second kappa shape index (κ2) is 10.5. The molecule has 3 N–H and O–H groups in total. The average molecular weight is 454 g/mol. The van der Waals surface area contributed by atoms with Crippen molar-refractivity contribution in [3.8, 4) is 11.3 Å². The fourth-order valence-corrected chi connectivity index (χ4v) is 4.39. The van der Waals surface area contributed by atoms with Crippen LogP contribution in [0.15, 0.2) is 30.6 Å². The second-order valence-corrected chi connectivity index (χ2v) is 9.03. The summed E-state index contributed by atoms with van der Waals surface area (Å²) in [6, 6.07) is 5.61. The van der Waals surface area contributed by atoms with E-state index >= 15 is 0 Å². The van der Waals surface area contributed by atoms with Crippen LogP contribution in [-0.4, -0.2) is 57.4 Å². The fraction of sp³-hybridized carbons (Fsp3) is 0.480. The Morgan fingerprint density at radius 3 is 2.52 bits per heavy atom. The number of nitrogens with zero attached hydrogens (tertiary/aromatic N) is 4. The van der Waals surface area contributed by atoms with Gasteiger partial charge in [-0.05, 0) is 48.4 Å². The number of likely N-dealkylation sites (tertiary alicyclic amines) is 1. The summed E-state index contributed by atoms with van der Waals surface area (Å²) in [5, 5.41) is 10.5. The van der Waals surface area contributed by atoms with Crippen molar-refractivity contribution in [1.29, 1.82) is 0 Å². The molecule has 0 amide bonds. The molecule has 2 aliphatic heterocycles. The summed E-state index contributed by atoms with van der Waals surface area (Å²) in [7, 11) is 0. The number of nitrogens with two attached hydrogens (primary N) is 1. The lowest BCUT2D eigenvalue weighted by atomic mass is 9.92. The highest BCUT2D eigenvalue weighted by Gasteiger charge is 2.26. The molecule has 0 aliphatic carbocycles. The average Bonchev–Trinajstić information content (AvgIpc) is 2.80. The molecule has 4 heterocycles. The molecule has 0 unspecified atom stereocenters. The molecule has 176 valence electrons. The maximum absolute atomic E-state index is 14.2. The maximum atomic E-state index is 14.2. The van der Waals surface area contributed by atoms with E-state index < -0.39 is 5.82 Å². The van der Waals surface area contributed by atoms with Crippen LogP contribution < -0.4 is 5.73 Å². The topological polar surface area (TPSA) is 97.4 Å². The van der Waals surface area contributed by atoms with E-state index in [4.69, 9.17) is 10.5 Å². The van der Waals surface area contributed by atoms with Gasteiger partial charge in [0.05, 0.1) is 17.8 Å². The second-order valence-electron chi connectivity index (χ2n) is 9.03. The molecule has 0 spiro atoms. The van der Waals surface area contributed by atoms with Gasteiger partial charge in [-0.3, -0.25) is 9.88 Å². The minimum Gasteiger partial charge on any atom is -0.390 e. The van der Waals surface area contributed by atoms with Crippen molar-refractivity contribution >= 4 is 16.9 Å². The normalized spacial score (nSPS) is 17.0. The first kappa shape index (κ1) is 23.5. The van der Waals surface area contributed by atoms with Crippen LogP contribution in [-0.2, 0) is 11.3 Å². The van der Waals surface area contributed by atoms with Crippen LogP contribution in [0, 0.1) is 5.82 Å². The van der Waals surface area contributed by atoms with E-state index in [1.165, 1.54) is 24.8 Å². The van der Waals surface area contributed by atoms with Crippen molar-refractivity contribution in [2.45, 2.75) is 51.7 Å². The predicted molar refractivity (Wildman–Crippen MR) is 127 cm³/mol. The van der Waals surface area contributed by atoms with Gasteiger partial charge in [-0.15, -0.1) is 0 Å². The Kier molecular flexibility index (Phi) is 7.47. The van der Waals surface area contributed by atoms with Gasteiger partial charge < -0.3 is 15.6 Å². The molecule has 0 bridgehead atoms. The van der Waals surface area contributed by atoms with Crippen LogP contribution in [0.3, 0.4) is 0 Å². The van der Waals surface area contributed by atoms with E-state index in [-0.39, 0.29) is 23.7 Å². The number of aliphatic hydroxyl groups excluding tert-OH is 1. The summed E-state index contributed by atoms with van der Waals surface area (Å²) in [4.78, 5) is 14.5. The van der Waals surface area contributed by atoms with Gasteiger partial charge in [-0.2, -0.15) is 0 Å². The van der Waals surface area contributed by atoms with E-state index in [0.717, 1.165) is 42.4 Å². The molecule has 2 fully saturated rings. The number of benzene rings is 1. The van der Waals surface area contributed by atoms with Crippen LogP contribution >= 0.6 is 0 Å². The molecular formula is C25H32FN5O2. The quantitative estimate of drug-likeness (QED) is 0.618. The molecule has 1 aromatic carbocycles. The monoisotopic (exact) mass is 453 g/mol. The van der Waals surface area contributed by atoms with E-state index in [2.05, 4.69) is 33.7 Å². The third-order valence-electron chi connectivity index (χ3n) is 6.01. The smallest absolute Gasteiger partial charge is 0.220 e. The SMILES string of the molecule is C1CCOCC1.CC(C)c1c(CN2CC(O)C2)cnc2ccc(-c3nc(N)ncc3F)cc12. The first-order chi connectivity index (χ1) is 15.9. The van der Waals surface area contributed by atoms with Crippen LogP contribution in [0.25, 0.3) is 22.2 Å². The summed E-state index contributed by atoms with van der Waals surface area (Å²) >= 11 is 0. The Bertz CT molecular complexity index is 1090. The number of anilines is 1. The standard InChI is InChI=1S/C20H22FN5O.C5H10O/c1-11(2)18-13(8-26-9-14(27)10-26)6-23-17-4-3-12(5-15(17)18)19-16(21)7-24-20(22)25-19;1-2-4-6-5-3-1/h3-7,11,14,27H,8-10H2,1-2H3,(H2,22,24,25);1-5H2. The molecular weight excluding hydrogens is 421 g/mol. The Morgan fingerprint density at radius 2 is 1.91 bits per heavy atom. The molecule has 7 nitrogen and oxygen atoms in total. The number of hydrogen-bond donors (Lipinski definition) is 2. The molecule has 2 aliphatic rings. The first-order valence-corrected chi connectivity index (χ1v) is 11.6. The van der Waals surface area contributed by atoms with Crippen LogP contribution in [0.5, 0.6) is 0 Å². The van der Waals surface area contributed by atoms with Crippen molar-refractivity contribution in [3.63, 3.8) is 0 Å². The molecule has 2 aromatic heterocycles. The van der Waals surface area contributed by atoms with Crippen molar-refractivity contribution in [2.75, 3.05) is 32.0 Å². The van der Waals surface area contributed by atoms with Gasteiger partial charge in [0.15, 0.2) is 5.82 Å². The number of rotatable bonds is 4. The number of pyridine rings is 1. The van der Waals surface area contributed by atoms with Crippen LogP contribution in [0.2, 0.25) is 0 Å². The highest BCUT2D eigenvalue weighted by Crippen LogP contribution is 2.32. The number of aromatic nitrogens is 3. The van der Waals surface area contributed by atoms with E-state index in [1.54, 1.807) is 6.07 Å². The van der Waals surface area contributed by atoms with Gasteiger partial charge in [0, 0.05) is 50.0 Å². The van der Waals surface area contributed by atoms with Crippen LogP contribution in [0.4, 0.5) is 10.3 Å². The van der Waals surface area contributed by atoms with Crippen molar-refractivity contribution in [2.24, 2.45) is 0 Å². The van der Waals surface area contributed by atoms with Crippen molar-refractivity contribution in [1.82, 2.24) is 19.9 Å². The number of aliphatic hydroxyl groups is 1. The number of hydrogen-bond acceptors (Lipinski definition) is 7. The lowest BCUT2D eigenvalue weighted by molar-refractivity contribution is -0.00305. The molecule has 3 aromatic rings.